The third-order valence-electron chi connectivity index (χ3n) is 33.0. The molecule has 14 aliphatic rings. The smallest absolute Gasteiger partial charge is 0.249 e. The van der Waals surface area contributed by atoms with Crippen LogP contribution in [0.1, 0.15) is 283 Å². The van der Waals surface area contributed by atoms with Gasteiger partial charge in [-0.3, -0.25) is 19.8 Å². The number of tetrazole rings is 1. The van der Waals surface area contributed by atoms with E-state index in [0.29, 0.717) is 108 Å². The fourth-order valence-electron chi connectivity index (χ4n) is 29.1. The molecule has 21 nitrogen and oxygen atoms in total. The molecule has 14 fully saturated rings. The number of nitrogens with zero attached hydrogens (tertiary/aromatic N) is 16. The Morgan fingerprint density at radius 1 is 0.491 bits per heavy atom. The first-order valence-corrected chi connectivity index (χ1v) is 45.7. The first kappa shape index (κ1) is 68.8. The molecule has 9 aromatic rings. The van der Waals surface area contributed by atoms with E-state index >= 15 is 0 Å². The van der Waals surface area contributed by atoms with Crippen molar-refractivity contribution in [3.8, 4) is 23.3 Å². The van der Waals surface area contributed by atoms with Crippen molar-refractivity contribution in [2.24, 2.45) is 53.3 Å². The number of fused-ring (bicyclic) bond motifs is 15. The molecule has 3 aromatic carbocycles. The van der Waals surface area contributed by atoms with Crippen LogP contribution in [-0.2, 0) is 10.0 Å². The van der Waals surface area contributed by atoms with E-state index in [2.05, 4.69) is 127 Å². The molecule has 22 heteroatoms. The zero-order valence-corrected chi connectivity index (χ0v) is 65.9. The molecule has 0 radical (unpaired) electrons. The van der Waals surface area contributed by atoms with E-state index in [4.69, 9.17) is 29.6 Å². The average molecular weight is 1500 g/mol. The summed E-state index contributed by atoms with van der Waals surface area (Å²) in [7, 11) is -3.87. The number of benzene rings is 3. The number of H-pyrrole nitrogens is 2. The van der Waals surface area contributed by atoms with Gasteiger partial charge in [-0.05, 0) is 293 Å². The summed E-state index contributed by atoms with van der Waals surface area (Å²) in [4.78, 5) is 31.4. The number of aromatic amines is 2. The van der Waals surface area contributed by atoms with Crippen molar-refractivity contribution < 1.29 is 12.9 Å². The highest BCUT2D eigenvalue weighted by Crippen LogP contribution is 2.67. The molecule has 110 heavy (non-hydrogen) atoms. The third kappa shape index (κ3) is 11.3. The van der Waals surface area contributed by atoms with Crippen LogP contribution in [0.5, 0.6) is 0 Å². The van der Waals surface area contributed by atoms with Gasteiger partial charge in [-0.2, -0.15) is 14.6 Å². The number of piperidine rings is 6. The zero-order valence-electron chi connectivity index (χ0n) is 65.0. The highest BCUT2D eigenvalue weighted by molar-refractivity contribution is 7.89. The normalized spacial score (nSPS) is 38.3. The van der Waals surface area contributed by atoms with E-state index in [1.54, 1.807) is 24.5 Å². The first-order chi connectivity index (χ1) is 53.9. The molecule has 2 N–H and O–H groups in total. The molecule has 6 aromatic heterocycles. The van der Waals surface area contributed by atoms with E-state index in [0.717, 1.165) is 120 Å². The predicted molar refractivity (Wildman–Crippen MR) is 422 cm³/mol. The Morgan fingerprint density at radius 3 is 1.83 bits per heavy atom. The third-order valence-corrected chi connectivity index (χ3v) is 35.1. The minimum absolute atomic E-state index is 0.206. The molecule has 7 saturated carbocycles. The predicted octanol–water partition coefficient (Wildman–Crippen LogP) is 17.1. The fourth-order valence-corrected chi connectivity index (χ4v) is 31.0. The van der Waals surface area contributed by atoms with Crippen LogP contribution in [-0.4, -0.2) is 158 Å². The number of hydrogen-bond acceptors (Lipinski definition) is 15. The Bertz CT molecular complexity index is 4980. The average Bonchev–Trinajstić information content (AvgIpc) is 1.55. The summed E-state index contributed by atoms with van der Waals surface area (Å²) in [5, 5.41) is 28.4. The number of imidazole rings is 3. The molecule has 21 atom stereocenters. The molecular formula is C88H114N18O3S. The van der Waals surface area contributed by atoms with E-state index < -0.39 is 10.0 Å². The van der Waals surface area contributed by atoms with Crippen molar-refractivity contribution in [1.29, 1.82) is 0 Å². The van der Waals surface area contributed by atoms with Gasteiger partial charge in [0.1, 0.15) is 22.7 Å². The number of rotatable bonds is 13. The second kappa shape index (κ2) is 27.0. The standard InChI is InChI=1S/C88H114N18O3S/c1-49-26-29-63-46-68(47-78(49)103(63)65-35-52-13-4-5-14-53(31-52)36-65)106-76-24-11-20-70(82(76)92-87(106)84-89-48-90-94-84)58-34-56-39-71-72(41-58)80(71)79(40-56)102-61-17-9-18-62(102)45-67(44-61)105-75-23-10-19-69(81(75)93-88(105)85-95-98-99-96-85)57-28-27-54-32-55(33-57)38-64(37-54)101-59-15-8-16-60(101)43-66(42-59)104-74-22-7-6-21-73(74)91-86(104)77-25-12-30-100(77)110(107,108)83-50(2)97-109-51(83)3/h6-7,10-11,19-24,48-49,52-68,71-72,77-80H,4-5,8-9,12-18,25-47H2,1-3H3,(H,89,90,94)(H,95,96,98,99). The van der Waals surface area contributed by atoms with Crippen molar-refractivity contribution in [2.75, 3.05) is 6.54 Å². The number of aromatic nitrogens is 14. The molecule has 7 aliphatic heterocycles. The second-order valence-corrected chi connectivity index (χ2v) is 40.6. The van der Waals surface area contributed by atoms with Gasteiger partial charge in [-0.15, -0.1) is 10.2 Å². The summed E-state index contributed by atoms with van der Waals surface area (Å²) in [5.41, 5.74) is 10.4. The van der Waals surface area contributed by atoms with Crippen molar-refractivity contribution in [1.82, 2.24) is 88.6 Å². The van der Waals surface area contributed by atoms with Gasteiger partial charge in [0, 0.05) is 79.0 Å². The van der Waals surface area contributed by atoms with Crippen LogP contribution in [0.3, 0.4) is 0 Å². The maximum Gasteiger partial charge on any atom is 0.249 e. The van der Waals surface area contributed by atoms with Gasteiger partial charge in [0.25, 0.3) is 0 Å². The molecular weight excluding hydrogens is 1390 g/mol. The summed E-state index contributed by atoms with van der Waals surface area (Å²) in [6, 6.07) is 29.0. The van der Waals surface area contributed by atoms with Crippen molar-refractivity contribution in [2.45, 2.75) is 328 Å². The molecule has 580 valence electrons. The molecule has 0 amide bonds. The molecule has 13 heterocycles. The minimum atomic E-state index is -3.87. The number of sulfonamides is 1. The van der Waals surface area contributed by atoms with Crippen LogP contribution < -0.4 is 0 Å². The van der Waals surface area contributed by atoms with Gasteiger partial charge in [0.15, 0.2) is 23.2 Å². The summed E-state index contributed by atoms with van der Waals surface area (Å²) in [6.07, 6.45) is 43.4. The number of hydrogen-bond donors (Lipinski definition) is 2. The summed E-state index contributed by atoms with van der Waals surface area (Å²) >= 11 is 0. The molecule has 7 saturated heterocycles. The lowest BCUT2D eigenvalue weighted by molar-refractivity contribution is -0.0637. The highest BCUT2D eigenvalue weighted by atomic mass is 32.2. The van der Waals surface area contributed by atoms with Gasteiger partial charge in [0.05, 0.1) is 39.1 Å². The van der Waals surface area contributed by atoms with Crippen LogP contribution in [0, 0.1) is 67.1 Å². The minimum Gasteiger partial charge on any atom is -0.360 e. The van der Waals surface area contributed by atoms with Crippen LogP contribution in [0.4, 0.5) is 0 Å². The Morgan fingerprint density at radius 2 is 1.11 bits per heavy atom. The Labute approximate surface area is 647 Å². The van der Waals surface area contributed by atoms with Crippen LogP contribution in [0.2, 0.25) is 0 Å². The largest absolute Gasteiger partial charge is 0.360 e. The van der Waals surface area contributed by atoms with E-state index in [9.17, 15) is 8.42 Å². The molecule has 21 unspecified atom stereocenters. The van der Waals surface area contributed by atoms with Gasteiger partial charge < -0.3 is 18.2 Å². The fraction of sp³-hybridized carbons (Fsp3) is 0.693. The van der Waals surface area contributed by atoms with Crippen LogP contribution in [0.15, 0.2) is 76.4 Å². The van der Waals surface area contributed by atoms with Crippen molar-refractivity contribution in [3.05, 3.63) is 95.4 Å². The van der Waals surface area contributed by atoms with Crippen LogP contribution >= 0.6 is 0 Å². The van der Waals surface area contributed by atoms with Crippen molar-refractivity contribution in [3.63, 3.8) is 0 Å². The highest BCUT2D eigenvalue weighted by Gasteiger charge is 2.63. The van der Waals surface area contributed by atoms with Gasteiger partial charge in [-0.25, -0.2) is 28.4 Å². The Balaban J connectivity index is 0.486. The summed E-state index contributed by atoms with van der Waals surface area (Å²) in [5.74, 6) is 12.6. The lowest BCUT2D eigenvalue weighted by Crippen LogP contribution is -2.60. The summed E-state index contributed by atoms with van der Waals surface area (Å²) < 4.78 is 44.2. The van der Waals surface area contributed by atoms with E-state index in [1.807, 2.05) is 0 Å². The maximum atomic E-state index is 14.6. The monoisotopic (exact) mass is 1500 g/mol. The topological polar surface area (TPSA) is 223 Å². The number of aryl methyl sites for hydroxylation is 2. The van der Waals surface area contributed by atoms with Gasteiger partial charge >= 0.3 is 0 Å². The number of para-hydroxylation sites is 4. The number of nitrogens with one attached hydrogen (secondary N) is 2. The Hall–Kier alpha value is -6.72. The molecule has 12 bridgehead atoms. The first-order valence-electron chi connectivity index (χ1n) is 44.3. The molecule has 0 spiro atoms. The second-order valence-electron chi connectivity index (χ2n) is 38.8. The lowest BCUT2D eigenvalue weighted by atomic mass is 9.71. The van der Waals surface area contributed by atoms with Crippen molar-refractivity contribution >= 4 is 43.1 Å². The van der Waals surface area contributed by atoms with Crippen LogP contribution in [0.25, 0.3) is 56.4 Å². The van der Waals surface area contributed by atoms with E-state index in [1.165, 1.54) is 207 Å². The zero-order chi connectivity index (χ0) is 72.9. The summed E-state index contributed by atoms with van der Waals surface area (Å²) in [6.45, 7) is 6.50. The maximum absolute atomic E-state index is 14.6. The Kier molecular flexibility index (Phi) is 16.9. The van der Waals surface area contributed by atoms with E-state index in [-0.39, 0.29) is 17.0 Å². The van der Waals surface area contributed by atoms with Gasteiger partial charge in [-0.1, -0.05) is 87.0 Å². The lowest BCUT2D eigenvalue weighted by Gasteiger charge is -2.56. The molecule has 23 rings (SSSR count). The van der Waals surface area contributed by atoms with Gasteiger partial charge in [0.2, 0.25) is 15.8 Å². The quantitative estimate of drug-likeness (QED) is 0.110. The molecule has 7 aliphatic carbocycles. The SMILES string of the molecule is Cc1noc(C)c1S(=O)(=O)N1CCCC1c1nc2ccccc2n1C1CC2CCCC(C1)N2C1CC2CCC(c3cccc4c3nc(-c3nn[nH]n3)n4C3CC4CCCC(C3)N4C3CC4CC(c5cccc6c5nc(-c5ncn[nH]5)n6C5CC6CCC(C)C(C5)N6C5CC6CCCCC(C6)C5)CC5C(C4)C53)CC(C2)C1.